The minimum atomic E-state index is -4.42. The zero-order chi connectivity index (χ0) is 19.9. The summed E-state index contributed by atoms with van der Waals surface area (Å²) in [4.78, 5) is 4.30. The number of halogens is 3. The molecule has 0 aliphatic carbocycles. The Labute approximate surface area is 158 Å². The number of phenols is 1. The van der Waals surface area contributed by atoms with E-state index in [1.807, 2.05) is 28.3 Å². The fourth-order valence-electron chi connectivity index (χ4n) is 3.13. The molecule has 28 heavy (non-hydrogen) atoms. The minimum Gasteiger partial charge on any atom is -0.508 e. The van der Waals surface area contributed by atoms with Gasteiger partial charge >= 0.3 is 11.8 Å². The van der Waals surface area contributed by atoms with Crippen LogP contribution in [0.1, 0.15) is 5.56 Å². The maximum atomic E-state index is 13.0. The van der Waals surface area contributed by atoms with Gasteiger partial charge in [-0.2, -0.15) is 17.6 Å². The Balaban J connectivity index is 1.80. The summed E-state index contributed by atoms with van der Waals surface area (Å²) in [5.41, 5.74) is 1.83. The van der Waals surface area contributed by atoms with Crippen LogP contribution in [0.15, 0.2) is 67.1 Å². The molecule has 0 unspecified atom stereocenters. The van der Waals surface area contributed by atoms with Crippen LogP contribution in [0.4, 0.5) is 24.7 Å². The molecule has 4 aromatic rings. The molecule has 0 aliphatic rings. The summed E-state index contributed by atoms with van der Waals surface area (Å²) in [5, 5.41) is 12.7. The number of aromatic nitrogens is 3. The highest BCUT2D eigenvalue weighted by atomic mass is 19.4. The molecule has 0 saturated carbocycles. The van der Waals surface area contributed by atoms with E-state index in [1.165, 1.54) is 6.07 Å². The van der Waals surface area contributed by atoms with Gasteiger partial charge in [0.15, 0.2) is 5.69 Å². The van der Waals surface area contributed by atoms with Gasteiger partial charge in [-0.25, -0.2) is 9.55 Å². The zero-order valence-electron chi connectivity index (χ0n) is 14.8. The van der Waals surface area contributed by atoms with E-state index in [4.69, 9.17) is 0 Å². The summed E-state index contributed by atoms with van der Waals surface area (Å²) in [5.74, 6) is 0.558. The minimum absolute atomic E-state index is 0.145. The molecule has 0 radical (unpaired) electrons. The number of benzene rings is 2. The number of nitrogens with one attached hydrogen (secondary N) is 1. The van der Waals surface area contributed by atoms with Crippen molar-refractivity contribution in [3.63, 3.8) is 0 Å². The SMILES string of the molecule is C[n+]1cc(-c2cccc(O)c2)n2ccnc(Nc3cccc(C(F)(F)F)c3)c21. The van der Waals surface area contributed by atoms with Crippen LogP contribution in [0.3, 0.4) is 0 Å². The Kier molecular flexibility index (Phi) is 4.18. The van der Waals surface area contributed by atoms with Gasteiger partial charge in [0.1, 0.15) is 18.1 Å². The molecule has 5 nitrogen and oxygen atoms in total. The average Bonchev–Trinajstić information content (AvgIpc) is 2.99. The number of hydrogen-bond donors (Lipinski definition) is 2. The number of imidazole rings is 1. The summed E-state index contributed by atoms with van der Waals surface area (Å²) in [6, 6.07) is 11.8. The highest BCUT2D eigenvalue weighted by molar-refractivity contribution is 5.72. The summed E-state index contributed by atoms with van der Waals surface area (Å²) in [6.45, 7) is 0. The van der Waals surface area contributed by atoms with Crippen LogP contribution in [-0.2, 0) is 13.2 Å². The number of phenolic OH excluding ortho intramolecular Hbond substituents is 1. The average molecular weight is 385 g/mol. The predicted octanol–water partition coefficient (Wildman–Crippen LogP) is 4.29. The van der Waals surface area contributed by atoms with Crippen molar-refractivity contribution >= 4 is 17.2 Å². The van der Waals surface area contributed by atoms with Gasteiger partial charge < -0.3 is 10.4 Å². The van der Waals surface area contributed by atoms with Gasteiger partial charge in [0.25, 0.3) is 0 Å². The highest BCUT2D eigenvalue weighted by Gasteiger charge is 2.30. The molecular formula is C20H16F3N4O+. The zero-order valence-corrected chi connectivity index (χ0v) is 14.8. The first-order valence-electron chi connectivity index (χ1n) is 8.42. The third-order valence-electron chi connectivity index (χ3n) is 4.36. The second-order valence-electron chi connectivity index (χ2n) is 6.35. The molecule has 0 atom stereocenters. The van der Waals surface area contributed by atoms with Crippen molar-refractivity contribution in [3.8, 4) is 17.0 Å². The number of nitrogens with zero attached hydrogens (tertiary/aromatic N) is 3. The van der Waals surface area contributed by atoms with Gasteiger partial charge in [-0.05, 0) is 30.3 Å². The number of fused-ring (bicyclic) bond motifs is 1. The van der Waals surface area contributed by atoms with E-state index in [0.29, 0.717) is 11.5 Å². The van der Waals surface area contributed by atoms with Gasteiger partial charge in [-0.3, -0.25) is 0 Å². The van der Waals surface area contributed by atoms with Crippen molar-refractivity contribution in [2.45, 2.75) is 6.18 Å². The monoisotopic (exact) mass is 385 g/mol. The van der Waals surface area contributed by atoms with Gasteiger partial charge in [0.2, 0.25) is 5.82 Å². The molecule has 0 spiro atoms. The molecule has 2 heterocycles. The maximum absolute atomic E-state index is 13.0. The van der Waals surface area contributed by atoms with Crippen molar-refractivity contribution in [2.75, 3.05) is 5.32 Å². The van der Waals surface area contributed by atoms with Crippen LogP contribution < -0.4 is 9.88 Å². The highest BCUT2D eigenvalue weighted by Crippen LogP contribution is 2.32. The molecule has 0 aliphatic heterocycles. The number of rotatable bonds is 3. The number of hydrogen-bond acceptors (Lipinski definition) is 3. The topological polar surface area (TPSA) is 53.4 Å². The number of aryl methyl sites for hydroxylation is 1. The molecule has 8 heteroatoms. The van der Waals surface area contributed by atoms with E-state index in [2.05, 4.69) is 10.3 Å². The summed E-state index contributed by atoms with van der Waals surface area (Å²) < 4.78 is 42.6. The summed E-state index contributed by atoms with van der Waals surface area (Å²) >= 11 is 0. The van der Waals surface area contributed by atoms with E-state index >= 15 is 0 Å². The molecule has 0 fully saturated rings. The second kappa shape index (κ2) is 6.56. The number of alkyl halides is 3. The van der Waals surface area contributed by atoms with E-state index in [9.17, 15) is 18.3 Å². The third-order valence-corrected chi connectivity index (χ3v) is 4.36. The Morgan fingerprint density at radius 2 is 1.89 bits per heavy atom. The first kappa shape index (κ1) is 17.8. The first-order valence-corrected chi connectivity index (χ1v) is 8.42. The molecule has 2 aromatic heterocycles. The first-order chi connectivity index (χ1) is 13.3. The largest absolute Gasteiger partial charge is 0.508 e. The van der Waals surface area contributed by atoms with Crippen molar-refractivity contribution in [3.05, 3.63) is 72.7 Å². The normalized spacial score (nSPS) is 11.7. The lowest BCUT2D eigenvalue weighted by molar-refractivity contribution is -0.643. The van der Waals surface area contributed by atoms with E-state index in [1.54, 1.807) is 36.7 Å². The fourth-order valence-corrected chi connectivity index (χ4v) is 3.13. The van der Waals surface area contributed by atoms with E-state index < -0.39 is 11.7 Å². The van der Waals surface area contributed by atoms with Gasteiger partial charge in [-0.15, -0.1) is 0 Å². The Hall–Kier alpha value is -3.55. The van der Waals surface area contributed by atoms with Crippen LogP contribution in [0, 0.1) is 0 Å². The lowest BCUT2D eigenvalue weighted by Gasteiger charge is -2.09. The maximum Gasteiger partial charge on any atom is 0.416 e. The van der Waals surface area contributed by atoms with Gasteiger partial charge in [-0.1, -0.05) is 18.2 Å². The fraction of sp³-hybridized carbons (Fsp3) is 0.100. The summed E-state index contributed by atoms with van der Waals surface area (Å²) in [6.07, 6.45) is 0.768. The molecule has 142 valence electrons. The smallest absolute Gasteiger partial charge is 0.416 e. The Morgan fingerprint density at radius 3 is 2.64 bits per heavy atom. The molecule has 4 rings (SSSR count). The van der Waals surface area contributed by atoms with Crippen molar-refractivity contribution in [1.82, 2.24) is 9.38 Å². The van der Waals surface area contributed by atoms with Crippen molar-refractivity contribution < 1.29 is 22.8 Å². The lowest BCUT2D eigenvalue weighted by atomic mass is 10.1. The van der Waals surface area contributed by atoms with E-state index in [-0.39, 0.29) is 11.4 Å². The molecule has 0 saturated heterocycles. The number of aromatic hydroxyl groups is 1. The van der Waals surface area contributed by atoms with Gasteiger partial charge in [0, 0.05) is 11.3 Å². The van der Waals surface area contributed by atoms with Crippen LogP contribution in [0.2, 0.25) is 0 Å². The molecule has 0 bridgehead atoms. The molecule has 2 N–H and O–H groups in total. The standard InChI is InChI=1S/C20H15F3N4O/c1-26-12-17(13-4-2-7-16(28)10-13)27-9-8-24-18(19(26)27)25-15-6-3-5-14(11-15)20(21,22)23/h2-12H,1H3,(H-,24,25,28)/p+1. The van der Waals surface area contributed by atoms with Crippen LogP contribution in [-0.4, -0.2) is 14.5 Å². The molecule has 0 amide bonds. The second-order valence-corrected chi connectivity index (χ2v) is 6.35. The van der Waals surface area contributed by atoms with Crippen molar-refractivity contribution in [2.24, 2.45) is 7.05 Å². The van der Waals surface area contributed by atoms with Crippen molar-refractivity contribution in [1.29, 1.82) is 0 Å². The lowest BCUT2D eigenvalue weighted by Crippen LogP contribution is -2.26. The number of anilines is 2. The van der Waals surface area contributed by atoms with Crippen LogP contribution in [0.25, 0.3) is 16.9 Å². The molecule has 2 aromatic carbocycles. The quantitative estimate of drug-likeness (QED) is 0.517. The van der Waals surface area contributed by atoms with Crippen LogP contribution >= 0.6 is 0 Å². The molecular weight excluding hydrogens is 369 g/mol. The van der Waals surface area contributed by atoms with Crippen LogP contribution in [0.5, 0.6) is 5.75 Å². The van der Waals surface area contributed by atoms with Gasteiger partial charge in [0.05, 0.1) is 18.8 Å². The summed E-state index contributed by atoms with van der Waals surface area (Å²) in [7, 11) is 1.82. The van der Waals surface area contributed by atoms with E-state index in [0.717, 1.165) is 23.4 Å². The third kappa shape index (κ3) is 3.24. The Bertz CT molecular complexity index is 1170. The predicted molar refractivity (Wildman–Crippen MR) is 98.2 cm³/mol. The Morgan fingerprint density at radius 1 is 1.11 bits per heavy atom.